The monoisotopic (exact) mass is 414 g/mol. The number of guanidine groups is 1. The minimum absolute atomic E-state index is 0. The zero-order chi connectivity index (χ0) is 15.2. The Morgan fingerprint density at radius 1 is 1.41 bits per heavy atom. The zero-order valence-electron chi connectivity index (χ0n) is 13.2. The predicted molar refractivity (Wildman–Crippen MR) is 101 cm³/mol. The summed E-state index contributed by atoms with van der Waals surface area (Å²) in [6, 6.07) is 8.18. The summed E-state index contributed by atoms with van der Waals surface area (Å²) < 4.78 is 1.94. The fourth-order valence-corrected chi connectivity index (χ4v) is 1.98. The summed E-state index contributed by atoms with van der Waals surface area (Å²) in [4.78, 5) is 4.31. The molecule has 2 rings (SSSR count). The van der Waals surface area contributed by atoms with E-state index in [9.17, 15) is 0 Å². The van der Waals surface area contributed by atoms with Gasteiger partial charge in [-0.2, -0.15) is 0 Å². The first-order valence-corrected chi connectivity index (χ1v) is 7.13. The third-order valence-electron chi connectivity index (χ3n) is 3.25. The van der Waals surface area contributed by atoms with Crippen LogP contribution in [0.3, 0.4) is 0 Å². The normalized spacial score (nSPS) is 11.4. The van der Waals surface area contributed by atoms with Crippen LogP contribution < -0.4 is 11.1 Å². The van der Waals surface area contributed by atoms with Crippen molar-refractivity contribution in [2.45, 2.75) is 39.8 Å². The molecule has 2 aromatic rings. The van der Waals surface area contributed by atoms with Gasteiger partial charge in [0.05, 0.1) is 0 Å². The van der Waals surface area contributed by atoms with E-state index in [0.717, 1.165) is 18.1 Å². The van der Waals surface area contributed by atoms with E-state index in [0.29, 0.717) is 18.4 Å². The van der Waals surface area contributed by atoms with E-state index in [1.165, 1.54) is 5.56 Å². The van der Waals surface area contributed by atoms with Gasteiger partial charge in [-0.1, -0.05) is 26.0 Å². The first-order valence-electron chi connectivity index (χ1n) is 7.13. The zero-order valence-corrected chi connectivity index (χ0v) is 15.5. The van der Waals surface area contributed by atoms with Crippen molar-refractivity contribution in [2.24, 2.45) is 10.7 Å². The van der Waals surface area contributed by atoms with Crippen molar-refractivity contribution in [3.63, 3.8) is 0 Å². The molecular formula is C15H23IN6. The Labute approximate surface area is 148 Å². The van der Waals surface area contributed by atoms with Crippen LogP contribution in [-0.4, -0.2) is 20.7 Å². The van der Waals surface area contributed by atoms with E-state index in [-0.39, 0.29) is 24.0 Å². The smallest absolute Gasteiger partial charge is 0.193 e. The second-order valence-electron chi connectivity index (χ2n) is 5.14. The fraction of sp³-hybridized carbons (Fsp3) is 0.400. The van der Waals surface area contributed by atoms with E-state index in [1.54, 1.807) is 6.33 Å². The van der Waals surface area contributed by atoms with Gasteiger partial charge < -0.3 is 15.6 Å². The summed E-state index contributed by atoms with van der Waals surface area (Å²) >= 11 is 0. The molecule has 6 nitrogen and oxygen atoms in total. The van der Waals surface area contributed by atoms with Gasteiger partial charge >= 0.3 is 0 Å². The van der Waals surface area contributed by atoms with Gasteiger partial charge in [-0.3, -0.25) is 0 Å². The number of nitrogens with two attached hydrogens (primary N) is 1. The number of nitrogens with one attached hydrogen (secondary N) is 1. The highest BCUT2D eigenvalue weighted by Crippen LogP contribution is 2.18. The van der Waals surface area contributed by atoms with Crippen molar-refractivity contribution < 1.29 is 0 Å². The number of aromatic nitrogens is 3. The second kappa shape index (κ2) is 8.72. The summed E-state index contributed by atoms with van der Waals surface area (Å²) in [6.45, 7) is 7.59. The lowest BCUT2D eigenvalue weighted by atomic mass is 10.0. The third kappa shape index (κ3) is 4.97. The Morgan fingerprint density at radius 2 is 2.18 bits per heavy atom. The molecule has 120 valence electrons. The maximum atomic E-state index is 5.92. The van der Waals surface area contributed by atoms with Crippen molar-refractivity contribution in [3.05, 3.63) is 42.0 Å². The first kappa shape index (κ1) is 18.4. The molecule has 1 heterocycles. The van der Waals surface area contributed by atoms with E-state index in [4.69, 9.17) is 5.73 Å². The van der Waals surface area contributed by atoms with Gasteiger partial charge in [0.2, 0.25) is 0 Å². The number of anilines is 1. The summed E-state index contributed by atoms with van der Waals surface area (Å²) in [5, 5.41) is 11.0. The summed E-state index contributed by atoms with van der Waals surface area (Å²) in [5.41, 5.74) is 8.13. The number of hydrogen-bond acceptors (Lipinski definition) is 3. The molecule has 22 heavy (non-hydrogen) atoms. The molecule has 0 aliphatic heterocycles. The lowest BCUT2D eigenvalue weighted by Gasteiger charge is -2.10. The van der Waals surface area contributed by atoms with Gasteiger partial charge in [-0.15, -0.1) is 34.2 Å². The van der Waals surface area contributed by atoms with Gasteiger partial charge in [-0.25, -0.2) is 4.99 Å². The lowest BCUT2D eigenvalue weighted by Crippen LogP contribution is -2.23. The van der Waals surface area contributed by atoms with Crippen LogP contribution in [0.4, 0.5) is 5.69 Å². The summed E-state index contributed by atoms with van der Waals surface area (Å²) in [5.74, 6) is 1.66. The number of aryl methyl sites for hydroxylation is 1. The molecule has 0 amide bonds. The molecule has 0 saturated heterocycles. The van der Waals surface area contributed by atoms with Crippen LogP contribution in [0.5, 0.6) is 0 Å². The van der Waals surface area contributed by atoms with Crippen LogP contribution in [0.25, 0.3) is 0 Å². The average molecular weight is 414 g/mol. The number of nitrogens with zero attached hydrogens (tertiary/aromatic N) is 4. The fourth-order valence-electron chi connectivity index (χ4n) is 1.98. The number of benzene rings is 1. The summed E-state index contributed by atoms with van der Waals surface area (Å²) in [7, 11) is 0. The van der Waals surface area contributed by atoms with Crippen LogP contribution in [0.15, 0.2) is 35.6 Å². The molecule has 0 fully saturated rings. The van der Waals surface area contributed by atoms with Crippen LogP contribution in [-0.2, 0) is 13.1 Å². The van der Waals surface area contributed by atoms with Crippen LogP contribution in [0.1, 0.15) is 38.1 Å². The molecule has 0 atom stereocenters. The number of aliphatic imine (C=N–C) groups is 1. The van der Waals surface area contributed by atoms with E-state index in [1.807, 2.05) is 23.6 Å². The van der Waals surface area contributed by atoms with Gasteiger partial charge in [-0.05, 0) is 30.5 Å². The molecular weight excluding hydrogens is 391 g/mol. The topological polar surface area (TPSA) is 81.1 Å². The number of halogens is 1. The Kier molecular flexibility index (Phi) is 7.30. The van der Waals surface area contributed by atoms with Gasteiger partial charge in [0.1, 0.15) is 12.9 Å². The maximum Gasteiger partial charge on any atom is 0.193 e. The molecule has 1 aromatic heterocycles. The lowest BCUT2D eigenvalue weighted by molar-refractivity contribution is 0.699. The van der Waals surface area contributed by atoms with Crippen molar-refractivity contribution in [1.82, 2.24) is 14.8 Å². The molecule has 0 unspecified atom stereocenters. The van der Waals surface area contributed by atoms with Crippen molar-refractivity contribution >= 4 is 35.6 Å². The Balaban J connectivity index is 0.00000242. The number of rotatable bonds is 5. The minimum atomic E-state index is 0. The van der Waals surface area contributed by atoms with E-state index >= 15 is 0 Å². The molecule has 0 bridgehead atoms. The maximum absolute atomic E-state index is 5.92. The number of hydrogen-bond donors (Lipinski definition) is 2. The SMILES string of the molecule is CCn1cnnc1CN=C(N)Nc1cccc(C(C)C)c1.I. The molecule has 0 spiro atoms. The highest BCUT2D eigenvalue weighted by atomic mass is 127. The summed E-state index contributed by atoms with van der Waals surface area (Å²) in [6.07, 6.45) is 1.70. The highest BCUT2D eigenvalue weighted by molar-refractivity contribution is 14.0. The Bertz CT molecular complexity index is 620. The van der Waals surface area contributed by atoms with Crippen LogP contribution in [0, 0.1) is 0 Å². The molecule has 0 aliphatic carbocycles. The van der Waals surface area contributed by atoms with Crippen LogP contribution in [0.2, 0.25) is 0 Å². The average Bonchev–Trinajstić information content (AvgIpc) is 2.93. The molecule has 3 N–H and O–H groups in total. The Morgan fingerprint density at radius 3 is 2.86 bits per heavy atom. The van der Waals surface area contributed by atoms with Gasteiger partial charge in [0.15, 0.2) is 11.8 Å². The van der Waals surface area contributed by atoms with Crippen molar-refractivity contribution in [2.75, 3.05) is 5.32 Å². The van der Waals surface area contributed by atoms with Gasteiger partial charge in [0.25, 0.3) is 0 Å². The van der Waals surface area contributed by atoms with Crippen molar-refractivity contribution in [1.29, 1.82) is 0 Å². The minimum Gasteiger partial charge on any atom is -0.370 e. The standard InChI is InChI=1S/C15H22N6.HI/c1-4-21-10-18-20-14(21)9-17-15(16)19-13-7-5-6-12(8-13)11(2)3;/h5-8,10-11H,4,9H2,1-3H3,(H3,16,17,19);1H. The first-order chi connectivity index (χ1) is 10.1. The highest BCUT2D eigenvalue weighted by Gasteiger charge is 2.03. The van der Waals surface area contributed by atoms with E-state index < -0.39 is 0 Å². The van der Waals surface area contributed by atoms with Crippen molar-refractivity contribution in [3.8, 4) is 0 Å². The molecule has 7 heteroatoms. The third-order valence-corrected chi connectivity index (χ3v) is 3.25. The Hall–Kier alpha value is -1.64. The quantitative estimate of drug-likeness (QED) is 0.448. The van der Waals surface area contributed by atoms with Gasteiger partial charge in [0, 0.05) is 12.2 Å². The second-order valence-corrected chi connectivity index (χ2v) is 5.14. The van der Waals surface area contributed by atoms with Crippen LogP contribution >= 0.6 is 24.0 Å². The largest absolute Gasteiger partial charge is 0.370 e. The molecule has 0 saturated carbocycles. The predicted octanol–water partition coefficient (Wildman–Crippen LogP) is 2.97. The van der Waals surface area contributed by atoms with E-state index in [2.05, 4.69) is 46.5 Å². The molecule has 0 radical (unpaired) electrons. The molecule has 1 aromatic carbocycles. The molecule has 0 aliphatic rings.